The molecule has 0 spiro atoms. The molecule has 0 unspecified atom stereocenters. The molecule has 6 nitrogen and oxygen atoms in total. The molecule has 7 heteroatoms. The summed E-state index contributed by atoms with van der Waals surface area (Å²) in [6.07, 6.45) is 3.20. The van der Waals surface area contributed by atoms with Gasteiger partial charge in [-0.05, 0) is 37.3 Å². The second-order valence-corrected chi connectivity index (χ2v) is 10.0. The Morgan fingerprint density at radius 2 is 1.82 bits per heavy atom. The number of nitrogens with zero attached hydrogens (tertiary/aromatic N) is 3. The van der Waals surface area contributed by atoms with Gasteiger partial charge in [0, 0.05) is 30.5 Å². The van der Waals surface area contributed by atoms with Crippen LogP contribution in [0.1, 0.15) is 31.2 Å². The molecular weight excluding hydrogens is 374 g/mol. The molecule has 0 aromatic heterocycles. The first kappa shape index (κ1) is 20.3. The SMILES string of the molecule is C=CC(=O)N1CCC(C(=O)N=S2(=O)CCC(C#N)CC2)(c2ccccc2)CC1. The number of rotatable bonds is 3. The quantitative estimate of drug-likeness (QED) is 0.731. The number of hydrogen-bond donors (Lipinski definition) is 0. The molecular formula is C21H25N3O3S. The van der Waals surface area contributed by atoms with Crippen molar-refractivity contribution < 1.29 is 13.8 Å². The standard InChI is InChI=1S/C21H25N3O3S/c1-2-19(25)24-12-10-21(11-13-24,18-6-4-3-5-7-18)20(26)23-28(27)14-8-17(16-22)9-15-28/h2-7,17H,1,8-15H2. The first-order valence-electron chi connectivity index (χ1n) is 9.56. The summed E-state index contributed by atoms with van der Waals surface area (Å²) in [5.74, 6) is -0.0149. The van der Waals surface area contributed by atoms with E-state index in [2.05, 4.69) is 17.0 Å². The van der Waals surface area contributed by atoms with E-state index in [4.69, 9.17) is 5.26 Å². The summed E-state index contributed by atoms with van der Waals surface area (Å²) < 4.78 is 17.4. The summed E-state index contributed by atoms with van der Waals surface area (Å²) in [4.78, 5) is 27.0. The van der Waals surface area contributed by atoms with Crippen molar-refractivity contribution >= 4 is 21.5 Å². The van der Waals surface area contributed by atoms with Crippen LogP contribution in [0.2, 0.25) is 0 Å². The lowest BCUT2D eigenvalue weighted by molar-refractivity contribution is -0.132. The van der Waals surface area contributed by atoms with Crippen LogP contribution in [0.3, 0.4) is 0 Å². The fourth-order valence-corrected chi connectivity index (χ4v) is 6.15. The molecule has 0 bridgehead atoms. The summed E-state index contributed by atoms with van der Waals surface area (Å²) in [6.45, 7) is 4.39. The summed E-state index contributed by atoms with van der Waals surface area (Å²) in [5.41, 5.74) is -0.0152. The van der Waals surface area contributed by atoms with E-state index in [1.165, 1.54) is 6.08 Å². The van der Waals surface area contributed by atoms with Gasteiger partial charge in [-0.15, -0.1) is 0 Å². The molecule has 2 aliphatic heterocycles. The van der Waals surface area contributed by atoms with Gasteiger partial charge in [0.15, 0.2) is 0 Å². The van der Waals surface area contributed by atoms with Crippen LogP contribution in [-0.4, -0.2) is 45.5 Å². The maximum atomic E-state index is 13.4. The third-order valence-electron chi connectivity index (χ3n) is 5.84. The van der Waals surface area contributed by atoms with Crippen molar-refractivity contribution in [3.8, 4) is 6.07 Å². The maximum Gasteiger partial charge on any atom is 0.264 e. The van der Waals surface area contributed by atoms with Crippen molar-refractivity contribution in [1.82, 2.24) is 4.90 Å². The van der Waals surface area contributed by atoms with Gasteiger partial charge in [-0.1, -0.05) is 36.9 Å². The van der Waals surface area contributed by atoms with Crippen molar-refractivity contribution in [2.45, 2.75) is 31.1 Å². The zero-order valence-corrected chi connectivity index (χ0v) is 16.7. The largest absolute Gasteiger partial charge is 0.339 e. The van der Waals surface area contributed by atoms with E-state index in [0.717, 1.165) is 5.56 Å². The Bertz CT molecular complexity index is 904. The fourth-order valence-electron chi connectivity index (χ4n) is 3.98. The number of nitriles is 1. The zero-order chi connectivity index (χ0) is 20.2. The predicted octanol–water partition coefficient (Wildman–Crippen LogP) is 2.66. The number of carbonyl (C=O) groups is 2. The molecule has 28 heavy (non-hydrogen) atoms. The van der Waals surface area contributed by atoms with E-state index in [1.54, 1.807) is 4.90 Å². The number of piperidine rings is 1. The lowest BCUT2D eigenvalue weighted by Crippen LogP contribution is -2.48. The molecule has 0 radical (unpaired) electrons. The van der Waals surface area contributed by atoms with Crippen LogP contribution in [0.5, 0.6) is 0 Å². The van der Waals surface area contributed by atoms with Crippen molar-refractivity contribution in [3.63, 3.8) is 0 Å². The van der Waals surface area contributed by atoms with Crippen molar-refractivity contribution in [1.29, 1.82) is 5.26 Å². The number of amides is 2. The van der Waals surface area contributed by atoms with Gasteiger partial charge in [0.2, 0.25) is 5.91 Å². The first-order chi connectivity index (χ1) is 13.4. The van der Waals surface area contributed by atoms with Crippen LogP contribution < -0.4 is 0 Å². The smallest absolute Gasteiger partial charge is 0.264 e. The maximum absolute atomic E-state index is 13.4. The highest BCUT2D eigenvalue weighted by Gasteiger charge is 2.44. The highest BCUT2D eigenvalue weighted by Crippen LogP contribution is 2.38. The molecule has 0 aliphatic carbocycles. The van der Waals surface area contributed by atoms with Crippen molar-refractivity contribution in [3.05, 3.63) is 48.6 Å². The number of benzene rings is 1. The average Bonchev–Trinajstić information content (AvgIpc) is 2.74. The third kappa shape index (κ3) is 4.02. The summed E-state index contributed by atoms with van der Waals surface area (Å²) in [7, 11) is -2.63. The Labute approximate surface area is 166 Å². The molecule has 0 N–H and O–H groups in total. The fraction of sp³-hybridized carbons (Fsp3) is 0.476. The molecule has 2 aliphatic rings. The normalized spacial score (nSPS) is 26.7. The van der Waals surface area contributed by atoms with Crippen LogP contribution in [-0.2, 0) is 24.7 Å². The van der Waals surface area contributed by atoms with Crippen LogP contribution in [0.25, 0.3) is 0 Å². The average molecular weight is 400 g/mol. The minimum absolute atomic E-state index is 0.101. The molecule has 2 saturated heterocycles. The Morgan fingerprint density at radius 3 is 2.36 bits per heavy atom. The molecule has 148 valence electrons. The number of carbonyl (C=O) groups excluding carboxylic acids is 2. The Hall–Kier alpha value is -2.46. The van der Waals surface area contributed by atoms with E-state index in [9.17, 15) is 13.8 Å². The van der Waals surface area contributed by atoms with E-state index >= 15 is 0 Å². The molecule has 2 fully saturated rings. The van der Waals surface area contributed by atoms with Gasteiger partial charge in [-0.3, -0.25) is 9.59 Å². The van der Waals surface area contributed by atoms with Crippen molar-refractivity contribution in [2.75, 3.05) is 24.6 Å². The van der Waals surface area contributed by atoms with Gasteiger partial charge < -0.3 is 4.90 Å². The Kier molecular flexibility index (Phi) is 5.99. The highest BCUT2D eigenvalue weighted by atomic mass is 32.2. The number of likely N-dealkylation sites (tertiary alicyclic amines) is 1. The summed E-state index contributed by atoms with van der Waals surface area (Å²) in [6, 6.07) is 11.7. The monoisotopic (exact) mass is 399 g/mol. The van der Waals surface area contributed by atoms with Crippen LogP contribution in [0.15, 0.2) is 47.3 Å². The van der Waals surface area contributed by atoms with E-state index < -0.39 is 15.1 Å². The van der Waals surface area contributed by atoms with Crippen LogP contribution in [0, 0.1) is 17.2 Å². The van der Waals surface area contributed by atoms with Gasteiger partial charge in [0.1, 0.15) is 0 Å². The molecule has 0 saturated carbocycles. The first-order valence-corrected chi connectivity index (χ1v) is 11.4. The topological polar surface area (TPSA) is 90.6 Å². The third-order valence-corrected chi connectivity index (χ3v) is 8.09. The molecule has 3 rings (SSSR count). The van der Waals surface area contributed by atoms with Gasteiger partial charge in [-0.2, -0.15) is 9.62 Å². The van der Waals surface area contributed by atoms with Gasteiger partial charge in [0.05, 0.1) is 21.2 Å². The lowest BCUT2D eigenvalue weighted by atomic mass is 9.72. The Morgan fingerprint density at radius 1 is 1.21 bits per heavy atom. The van der Waals surface area contributed by atoms with Crippen LogP contribution in [0.4, 0.5) is 0 Å². The van der Waals surface area contributed by atoms with E-state index in [0.29, 0.717) is 50.3 Å². The molecule has 0 atom stereocenters. The van der Waals surface area contributed by atoms with Gasteiger partial charge in [-0.25, -0.2) is 4.21 Å². The minimum Gasteiger partial charge on any atom is -0.339 e. The molecule has 1 aromatic rings. The van der Waals surface area contributed by atoms with Crippen LogP contribution >= 0.6 is 0 Å². The number of hydrogen-bond acceptors (Lipinski definition) is 4. The van der Waals surface area contributed by atoms with E-state index in [1.807, 2.05) is 30.3 Å². The molecule has 2 amide bonds. The second kappa shape index (κ2) is 8.27. The Balaban J connectivity index is 1.91. The second-order valence-electron chi connectivity index (χ2n) is 7.46. The zero-order valence-electron chi connectivity index (χ0n) is 15.9. The highest BCUT2D eigenvalue weighted by molar-refractivity contribution is 7.93. The van der Waals surface area contributed by atoms with Gasteiger partial charge >= 0.3 is 0 Å². The van der Waals surface area contributed by atoms with Crippen molar-refractivity contribution in [2.24, 2.45) is 10.3 Å². The summed E-state index contributed by atoms with van der Waals surface area (Å²) >= 11 is 0. The lowest BCUT2D eigenvalue weighted by Gasteiger charge is -2.39. The molecule has 2 heterocycles. The van der Waals surface area contributed by atoms with Gasteiger partial charge in [0.25, 0.3) is 5.91 Å². The van der Waals surface area contributed by atoms with E-state index in [-0.39, 0.29) is 17.7 Å². The minimum atomic E-state index is -2.63. The summed E-state index contributed by atoms with van der Waals surface area (Å²) in [5, 5.41) is 9.05. The predicted molar refractivity (Wildman–Crippen MR) is 108 cm³/mol. The molecule has 1 aromatic carbocycles.